The van der Waals surface area contributed by atoms with E-state index >= 15 is 0 Å². The fourth-order valence-corrected chi connectivity index (χ4v) is 9.17. The Kier molecular flexibility index (Phi) is 9.20. The zero-order valence-corrected chi connectivity index (χ0v) is 35.2. The van der Waals surface area contributed by atoms with E-state index in [0.717, 1.165) is 72.4 Å². The van der Waals surface area contributed by atoms with E-state index in [1.165, 1.54) is 11.1 Å². The van der Waals surface area contributed by atoms with Gasteiger partial charge in [0.05, 0.1) is 30.8 Å². The smallest absolute Gasteiger partial charge is 0.137 e. The highest BCUT2D eigenvalue weighted by molar-refractivity contribution is 6.09. The highest BCUT2D eigenvalue weighted by Crippen LogP contribution is 2.50. The van der Waals surface area contributed by atoms with E-state index in [4.69, 9.17) is 9.72 Å². The second kappa shape index (κ2) is 16.2. The predicted octanol–water partition coefficient (Wildman–Crippen LogP) is 15.4. The van der Waals surface area contributed by atoms with Crippen molar-refractivity contribution >= 4 is 44.6 Å². The van der Waals surface area contributed by atoms with E-state index in [1.54, 1.807) is 0 Å². The van der Waals surface area contributed by atoms with E-state index in [9.17, 15) is 2.74 Å². The van der Waals surface area contributed by atoms with Crippen molar-refractivity contribution in [1.29, 1.82) is 0 Å². The fraction of sp³-hybridized carbons (Fsp3) is 0.0862. The van der Waals surface area contributed by atoms with Gasteiger partial charge in [0, 0.05) is 51.5 Å². The van der Waals surface area contributed by atoms with Crippen molar-refractivity contribution < 1.29 is 7.48 Å². The maximum atomic E-state index is 9.72. The molecule has 0 radical (unpaired) electrons. The van der Waals surface area contributed by atoms with E-state index < -0.39 is 0 Å². The molecule has 0 N–H and O–H groups in total. The van der Waals surface area contributed by atoms with Crippen LogP contribution in [0, 0.1) is 5.92 Å². The third kappa shape index (κ3) is 7.08. The lowest BCUT2D eigenvalue weighted by molar-refractivity contribution is 0.483. The number of hydrogen-bond acceptors (Lipinski definition) is 4. The molecule has 8 aromatic carbocycles. The number of ether oxygens (including phenoxy) is 1. The third-order valence-electron chi connectivity index (χ3n) is 12.0. The molecule has 2 aromatic heterocycles. The van der Waals surface area contributed by atoms with Gasteiger partial charge >= 0.3 is 0 Å². The summed E-state index contributed by atoms with van der Waals surface area (Å²) in [7, 11) is 0. The minimum absolute atomic E-state index is 0.162. The summed E-state index contributed by atoms with van der Waals surface area (Å²) < 4.78 is 27.8. The van der Waals surface area contributed by atoms with Crippen molar-refractivity contribution in [1.82, 2.24) is 9.55 Å². The molecule has 304 valence electrons. The zero-order valence-electron chi connectivity index (χ0n) is 37.2. The monoisotopic (exact) mass is 816 g/mol. The van der Waals surface area contributed by atoms with Crippen LogP contribution in [0.15, 0.2) is 212 Å². The average Bonchev–Trinajstić information content (AvgIpc) is 3.89. The first-order chi connectivity index (χ1) is 31.9. The van der Waals surface area contributed by atoms with Crippen LogP contribution < -0.4 is 14.5 Å². The van der Waals surface area contributed by atoms with Gasteiger partial charge in [-0.2, -0.15) is 0 Å². The summed E-state index contributed by atoms with van der Waals surface area (Å²) in [5.74, 6) is 2.08. The number of anilines is 4. The maximum absolute atomic E-state index is 9.72. The van der Waals surface area contributed by atoms with Crippen molar-refractivity contribution in [3.8, 4) is 50.7 Å². The first-order valence-electron chi connectivity index (χ1n) is 22.7. The van der Waals surface area contributed by atoms with E-state index in [-0.39, 0.29) is 12.1 Å². The van der Waals surface area contributed by atoms with Crippen molar-refractivity contribution in [2.45, 2.75) is 20.3 Å². The first kappa shape index (κ1) is 35.8. The molecule has 5 nitrogen and oxygen atoms in total. The Morgan fingerprint density at radius 3 is 1.79 bits per heavy atom. The van der Waals surface area contributed by atoms with Gasteiger partial charge in [0.2, 0.25) is 0 Å². The van der Waals surface area contributed by atoms with Gasteiger partial charge in [-0.05, 0) is 83.1 Å². The predicted molar refractivity (Wildman–Crippen MR) is 262 cm³/mol. The molecular weight excluding hydrogens is 769 g/mol. The van der Waals surface area contributed by atoms with Crippen molar-refractivity contribution in [3.63, 3.8) is 0 Å². The molecule has 0 bridgehead atoms. The summed E-state index contributed by atoms with van der Waals surface area (Å²) in [5, 5.41) is 2.06. The van der Waals surface area contributed by atoms with Gasteiger partial charge in [-0.1, -0.05) is 159 Å². The van der Waals surface area contributed by atoms with Crippen LogP contribution in [0.5, 0.6) is 11.5 Å². The number of rotatable bonds is 10. The van der Waals surface area contributed by atoms with Gasteiger partial charge in [-0.3, -0.25) is 4.57 Å². The molecule has 63 heavy (non-hydrogen) atoms. The second-order valence-corrected chi connectivity index (χ2v) is 16.5. The molecule has 1 aliphatic rings. The van der Waals surface area contributed by atoms with E-state index in [2.05, 4.69) is 163 Å². The average molecular weight is 817 g/mol. The van der Waals surface area contributed by atoms with Crippen LogP contribution in [-0.2, 0) is 6.42 Å². The molecule has 5 heteroatoms. The van der Waals surface area contributed by atoms with Crippen molar-refractivity contribution in [2.24, 2.45) is 5.92 Å². The van der Waals surface area contributed by atoms with Crippen LogP contribution in [0.25, 0.3) is 61.0 Å². The van der Waals surface area contributed by atoms with Gasteiger partial charge < -0.3 is 14.5 Å². The summed E-state index contributed by atoms with van der Waals surface area (Å²) in [6.07, 6.45) is 0.814. The van der Waals surface area contributed by atoms with E-state index in [1.807, 2.05) is 65.2 Å². The standard InChI is InChI=1S/C58H46N4O/c1-40(2)34-44-35-57(59-38-52(44)43-22-10-5-11-23-43)62-53-29-13-12-26-50(53)51-33-32-47(37-56(51)62)63-46-25-16-24-45(36-46)60-39-61(55-31-15-14-30-54(55)60)58-48(41-18-6-3-7-19-41)27-17-28-49(58)42-20-8-4-9-21-42/h3-33,35-38,40H,34,39H2,1-2H3/i35D,38D. The first-order valence-corrected chi connectivity index (χ1v) is 21.7. The Hall–Kier alpha value is -7.89. The number of para-hydroxylation sites is 4. The third-order valence-corrected chi connectivity index (χ3v) is 12.0. The molecular formula is C58H46N4O. The van der Waals surface area contributed by atoms with Crippen LogP contribution in [0.4, 0.5) is 22.7 Å². The highest BCUT2D eigenvalue weighted by Gasteiger charge is 2.31. The van der Waals surface area contributed by atoms with E-state index in [0.29, 0.717) is 36.4 Å². The largest absolute Gasteiger partial charge is 0.457 e. The summed E-state index contributed by atoms with van der Waals surface area (Å²) in [5.41, 5.74) is 13.3. The summed E-state index contributed by atoms with van der Waals surface area (Å²) in [6, 6.07) is 69.4. The van der Waals surface area contributed by atoms with Crippen molar-refractivity contribution in [2.75, 3.05) is 16.5 Å². The SMILES string of the molecule is [2H]c1nc(-n2c3ccccc3c3ccc(Oc4cccc(N5CN(c6c(-c7ccccc7)cccc6-c6ccccc6)c6ccccc65)c4)cc32)c([2H])c(CC(C)C)c1-c1ccccc1. The Balaban J connectivity index is 0.984. The lowest BCUT2D eigenvalue weighted by Gasteiger charge is -2.27. The number of pyridine rings is 1. The molecule has 3 heterocycles. The van der Waals surface area contributed by atoms with Gasteiger partial charge in [0.25, 0.3) is 0 Å². The minimum Gasteiger partial charge on any atom is -0.457 e. The lowest BCUT2D eigenvalue weighted by atomic mass is 9.95. The number of hydrogen-bond donors (Lipinski definition) is 0. The molecule has 1 aliphatic heterocycles. The van der Waals surface area contributed by atoms with Crippen LogP contribution in [0.2, 0.25) is 0 Å². The van der Waals surface area contributed by atoms with Gasteiger partial charge in [-0.15, -0.1) is 0 Å². The molecule has 0 aliphatic carbocycles. The second-order valence-electron chi connectivity index (χ2n) is 16.5. The molecule has 11 rings (SSSR count). The number of fused-ring (bicyclic) bond motifs is 4. The minimum atomic E-state index is 0.162. The molecule has 0 amide bonds. The lowest BCUT2D eigenvalue weighted by Crippen LogP contribution is -2.24. The molecule has 0 saturated heterocycles. The molecule has 0 saturated carbocycles. The Bertz CT molecular complexity index is 3310. The van der Waals surface area contributed by atoms with Gasteiger partial charge in [0.15, 0.2) is 0 Å². The maximum Gasteiger partial charge on any atom is 0.137 e. The Morgan fingerprint density at radius 2 is 1.11 bits per heavy atom. The quantitative estimate of drug-likeness (QED) is 0.138. The summed E-state index contributed by atoms with van der Waals surface area (Å²) in [6.45, 7) is 4.91. The molecule has 0 fully saturated rings. The Morgan fingerprint density at radius 1 is 0.540 bits per heavy atom. The zero-order chi connectivity index (χ0) is 44.0. The van der Waals surface area contributed by atoms with Crippen molar-refractivity contribution in [3.05, 3.63) is 218 Å². The van der Waals surface area contributed by atoms with Crippen LogP contribution in [0.3, 0.4) is 0 Å². The molecule has 10 aromatic rings. The topological polar surface area (TPSA) is 33.5 Å². The molecule has 0 atom stereocenters. The fourth-order valence-electron chi connectivity index (χ4n) is 9.17. The van der Waals surface area contributed by atoms with Crippen LogP contribution >= 0.6 is 0 Å². The Labute approximate surface area is 371 Å². The molecule has 0 unspecified atom stereocenters. The highest BCUT2D eigenvalue weighted by atomic mass is 16.5. The van der Waals surface area contributed by atoms with Gasteiger partial charge in [0.1, 0.15) is 24.0 Å². The van der Waals surface area contributed by atoms with Crippen LogP contribution in [0.1, 0.15) is 22.2 Å². The molecule has 0 spiro atoms. The number of benzene rings is 8. The normalized spacial score (nSPS) is 12.8. The number of nitrogens with zero attached hydrogens (tertiary/aromatic N) is 4. The number of aromatic nitrogens is 2. The van der Waals surface area contributed by atoms with Gasteiger partial charge in [-0.25, -0.2) is 4.98 Å². The van der Waals surface area contributed by atoms with Crippen LogP contribution in [-0.4, -0.2) is 16.2 Å². The summed E-state index contributed by atoms with van der Waals surface area (Å²) >= 11 is 0. The summed E-state index contributed by atoms with van der Waals surface area (Å²) in [4.78, 5) is 9.71.